The molecule has 1 saturated heterocycles. The van der Waals surface area contributed by atoms with E-state index in [1.807, 2.05) is 6.07 Å². The zero-order valence-corrected chi connectivity index (χ0v) is 26.5. The molecule has 1 aromatic rings. The number of amides is 2. The number of hydrogen-bond acceptors (Lipinski definition) is 10. The summed E-state index contributed by atoms with van der Waals surface area (Å²) >= 11 is 6.26. The Morgan fingerprint density at radius 2 is 1.83 bits per heavy atom. The number of carbonyl (C=O) groups excluding carboxylic acids is 3. The van der Waals surface area contributed by atoms with Crippen LogP contribution in [0.4, 0.5) is 0 Å². The van der Waals surface area contributed by atoms with Crippen molar-refractivity contribution in [3.8, 4) is 5.75 Å². The van der Waals surface area contributed by atoms with E-state index in [4.69, 9.17) is 41.5 Å². The number of nitrogens with one attached hydrogen (secondary N) is 2. The summed E-state index contributed by atoms with van der Waals surface area (Å²) in [4.78, 5) is 45.4. The second kappa shape index (κ2) is 21.8. The Balaban J connectivity index is 0.000000904. The molecule has 6 atom stereocenters. The normalized spacial score (nSPS) is 19.4. The number of carboxylic acids is 1. The number of phenols is 1. The lowest BCUT2D eigenvalue weighted by Gasteiger charge is -2.23. The van der Waals surface area contributed by atoms with Crippen molar-refractivity contribution in [1.82, 2.24) is 15.3 Å². The first kappa shape index (κ1) is 39.2. The van der Waals surface area contributed by atoms with Crippen LogP contribution in [0.3, 0.4) is 0 Å². The minimum absolute atomic E-state index is 0.0208. The number of alkyl halides is 1. The third kappa shape index (κ3) is 17.2. The van der Waals surface area contributed by atoms with Crippen LogP contribution in [0.25, 0.3) is 0 Å². The number of para-hydroxylation sites is 1. The van der Waals surface area contributed by atoms with E-state index in [1.165, 1.54) is 24.2 Å². The Bertz CT molecular complexity index is 972. The van der Waals surface area contributed by atoms with Crippen LogP contribution < -0.4 is 16.1 Å². The van der Waals surface area contributed by atoms with Crippen LogP contribution in [0.15, 0.2) is 42.6 Å². The first-order chi connectivity index (χ1) is 19.7. The van der Waals surface area contributed by atoms with Crippen molar-refractivity contribution in [2.45, 2.75) is 76.9 Å². The maximum atomic E-state index is 11.7. The highest BCUT2D eigenvalue weighted by molar-refractivity contribution is 7.29. The van der Waals surface area contributed by atoms with Crippen LogP contribution in [0, 0.1) is 5.92 Å². The minimum atomic E-state index is -0.931. The van der Waals surface area contributed by atoms with Crippen molar-refractivity contribution in [1.29, 1.82) is 0 Å². The molecule has 6 N–H and O–H groups in total. The van der Waals surface area contributed by atoms with E-state index in [-0.39, 0.29) is 45.6 Å². The van der Waals surface area contributed by atoms with Gasteiger partial charge in [-0.2, -0.15) is 0 Å². The first-order valence-corrected chi connectivity index (χ1v) is 14.5. The van der Waals surface area contributed by atoms with E-state index < -0.39 is 29.7 Å². The fourth-order valence-corrected chi connectivity index (χ4v) is 3.89. The molecule has 0 aromatic heterocycles. The molecule has 1 heterocycles. The zero-order valence-electron chi connectivity index (χ0n) is 24.7. The maximum Gasteiger partial charge on any atom is 0.323 e. The number of hydrogen-bond donors (Lipinski definition) is 5. The van der Waals surface area contributed by atoms with Gasteiger partial charge in [0.1, 0.15) is 17.8 Å². The average Bonchev–Trinajstić information content (AvgIpc) is 3.31. The number of likely N-dealkylation sites (N-methyl/N-ethyl adjacent to an activating group) is 1. The molecule has 6 unspecified atom stereocenters. The molecule has 0 radical (unpaired) electrons. The van der Waals surface area contributed by atoms with Gasteiger partial charge in [0.2, 0.25) is 12.3 Å². The summed E-state index contributed by atoms with van der Waals surface area (Å²) in [6.45, 7) is 9.07. The summed E-state index contributed by atoms with van der Waals surface area (Å²) in [5.74, 6) is -1.28. The Morgan fingerprint density at radius 1 is 1.21 bits per heavy atom. The standard InChI is InChI=1S/C16H27ClN3O6P.C6H6O.C5H11NO2/c1-10(2)25-16(23)11(3)19-27-24-8-12-7-13(17)15(26-12)20(9-21)6-5-14(22)18-4;7-6-4-2-1-3-5-6;1-3(2)4(6)5(7)8/h5-6,9-13,15,19,27H,7-8H2,1-4H3,(H,18,22);1-5,7H;3-4H,6H2,1-2H3,(H,7,8)/b6-5-;;. The lowest BCUT2D eigenvalue weighted by atomic mass is 10.1. The monoisotopic (exact) mass is 634 g/mol. The quantitative estimate of drug-likeness (QED) is 0.0535. The predicted octanol–water partition coefficient (Wildman–Crippen LogP) is 2.33. The smallest absolute Gasteiger partial charge is 0.323 e. The van der Waals surface area contributed by atoms with Crippen LogP contribution in [-0.4, -0.2) is 88.9 Å². The van der Waals surface area contributed by atoms with Crippen molar-refractivity contribution in [3.63, 3.8) is 0 Å². The number of aromatic hydroxyl groups is 1. The highest BCUT2D eigenvalue weighted by Crippen LogP contribution is 2.28. The number of carboxylic acid groups (broad SMARTS) is 1. The number of nitrogens with two attached hydrogens (primary N) is 1. The van der Waals surface area contributed by atoms with Crippen LogP contribution in [0.2, 0.25) is 0 Å². The van der Waals surface area contributed by atoms with E-state index in [9.17, 15) is 19.2 Å². The molecule has 1 aliphatic heterocycles. The Morgan fingerprint density at radius 3 is 2.26 bits per heavy atom. The molecule has 2 rings (SSSR count). The topological polar surface area (TPSA) is 190 Å². The summed E-state index contributed by atoms with van der Waals surface area (Å²) in [6, 6.07) is 7.52. The molecule has 1 aliphatic rings. The number of esters is 1. The van der Waals surface area contributed by atoms with E-state index in [2.05, 4.69) is 10.4 Å². The molecular weight excluding hydrogens is 591 g/mol. The SMILES string of the molecule is CC(C)C(N)C(=O)O.CNC(=O)/C=C\N(C=O)C1OC(COPNC(C)C(=O)OC(C)C)CC1Cl.Oc1ccccc1. The number of nitrogens with zero attached hydrogens (tertiary/aromatic N) is 1. The molecular formula is C27H44ClN4O9P. The Kier molecular flexibility index (Phi) is 20.4. The van der Waals surface area contributed by atoms with Gasteiger partial charge in [-0.3, -0.25) is 29.2 Å². The van der Waals surface area contributed by atoms with Gasteiger partial charge in [-0.1, -0.05) is 32.0 Å². The number of benzene rings is 1. The Labute approximate surface area is 254 Å². The van der Waals surface area contributed by atoms with Gasteiger partial charge in [0.15, 0.2) is 6.23 Å². The molecule has 1 fully saturated rings. The average molecular weight is 635 g/mol. The van der Waals surface area contributed by atoms with E-state index >= 15 is 0 Å². The fourth-order valence-electron chi connectivity index (χ4n) is 2.86. The molecule has 13 nitrogen and oxygen atoms in total. The lowest BCUT2D eigenvalue weighted by Crippen LogP contribution is -2.35. The zero-order chi connectivity index (χ0) is 32.2. The molecule has 2 amide bonds. The van der Waals surface area contributed by atoms with Gasteiger partial charge in [0, 0.05) is 19.3 Å². The Hall–Kier alpha value is -2.80. The van der Waals surface area contributed by atoms with Crippen LogP contribution in [0.1, 0.15) is 41.0 Å². The fraction of sp³-hybridized carbons (Fsp3) is 0.556. The number of aliphatic carboxylic acids is 1. The number of phenolic OH excluding ortho intramolecular Hbond substituents is 1. The number of ether oxygens (including phenoxy) is 2. The lowest BCUT2D eigenvalue weighted by molar-refractivity contribution is -0.149. The highest BCUT2D eigenvalue weighted by Gasteiger charge is 2.37. The largest absolute Gasteiger partial charge is 0.508 e. The molecule has 0 spiro atoms. The summed E-state index contributed by atoms with van der Waals surface area (Å²) in [5.41, 5.74) is 5.16. The maximum absolute atomic E-state index is 11.7. The van der Waals surface area contributed by atoms with Gasteiger partial charge in [-0.05, 0) is 45.2 Å². The number of rotatable bonds is 13. The van der Waals surface area contributed by atoms with Gasteiger partial charge in [0.25, 0.3) is 0 Å². The van der Waals surface area contributed by atoms with Gasteiger partial charge >= 0.3 is 11.9 Å². The number of carbonyl (C=O) groups is 4. The van der Waals surface area contributed by atoms with Gasteiger partial charge in [-0.25, -0.2) is 0 Å². The van der Waals surface area contributed by atoms with E-state index in [0.29, 0.717) is 18.6 Å². The number of halogens is 1. The molecule has 42 heavy (non-hydrogen) atoms. The van der Waals surface area contributed by atoms with Crippen molar-refractivity contribution in [3.05, 3.63) is 42.6 Å². The minimum Gasteiger partial charge on any atom is -0.508 e. The molecule has 238 valence electrons. The van der Waals surface area contributed by atoms with Gasteiger partial charge < -0.3 is 35.3 Å². The molecule has 1 aromatic carbocycles. The third-order valence-corrected chi connectivity index (χ3v) is 6.53. The van der Waals surface area contributed by atoms with Crippen LogP contribution >= 0.6 is 20.6 Å². The van der Waals surface area contributed by atoms with Crippen LogP contribution in [0.5, 0.6) is 5.75 Å². The van der Waals surface area contributed by atoms with Gasteiger partial charge in [0.05, 0.1) is 33.2 Å². The third-order valence-electron chi connectivity index (χ3n) is 5.27. The highest BCUT2D eigenvalue weighted by atomic mass is 35.5. The molecule has 0 bridgehead atoms. The first-order valence-electron chi connectivity index (χ1n) is 13.2. The van der Waals surface area contributed by atoms with Crippen molar-refractivity contribution in [2.24, 2.45) is 11.7 Å². The second-order valence-corrected chi connectivity index (χ2v) is 10.9. The van der Waals surface area contributed by atoms with Gasteiger partial charge in [-0.15, -0.1) is 11.6 Å². The molecule has 0 saturated carbocycles. The van der Waals surface area contributed by atoms with Crippen molar-refractivity contribution < 1.29 is 43.4 Å². The van der Waals surface area contributed by atoms with Crippen molar-refractivity contribution >= 4 is 44.8 Å². The summed E-state index contributed by atoms with van der Waals surface area (Å²) in [5, 5.41) is 21.8. The van der Waals surface area contributed by atoms with Crippen molar-refractivity contribution in [2.75, 3.05) is 13.7 Å². The van der Waals surface area contributed by atoms with Crippen LogP contribution in [-0.2, 0) is 33.2 Å². The summed E-state index contributed by atoms with van der Waals surface area (Å²) in [6.07, 6.45) is 2.41. The van der Waals surface area contributed by atoms with E-state index in [1.54, 1.807) is 58.9 Å². The predicted molar refractivity (Wildman–Crippen MR) is 161 cm³/mol. The molecule has 0 aliphatic carbocycles. The summed E-state index contributed by atoms with van der Waals surface area (Å²) < 4.78 is 16.3. The van der Waals surface area contributed by atoms with E-state index in [0.717, 1.165) is 0 Å². The second-order valence-electron chi connectivity index (χ2n) is 9.59. The summed E-state index contributed by atoms with van der Waals surface area (Å²) in [7, 11) is 1.37. The molecule has 15 heteroatoms.